The quantitative estimate of drug-likeness (QED) is 0.236. The zero-order valence-corrected chi connectivity index (χ0v) is 18.5. The van der Waals surface area contributed by atoms with Crippen molar-refractivity contribution in [2.75, 3.05) is 13.2 Å². The summed E-state index contributed by atoms with van der Waals surface area (Å²) >= 11 is 0. The second kappa shape index (κ2) is 12.9. The molecular weight excluding hydrogens is 378 g/mol. The summed E-state index contributed by atoms with van der Waals surface area (Å²) in [5.41, 5.74) is 1.45. The van der Waals surface area contributed by atoms with Gasteiger partial charge in [0, 0.05) is 31.9 Å². The molecule has 0 heterocycles. The topological polar surface area (TPSA) is 89.8 Å². The van der Waals surface area contributed by atoms with Gasteiger partial charge in [-0.25, -0.2) is 0 Å². The molecule has 5 nitrogen and oxygen atoms in total. The first-order valence-corrected chi connectivity index (χ1v) is 11.5. The Balaban J connectivity index is 1.79. The Labute approximate surface area is 181 Å². The number of carbonyl (C=O) groups is 1. The monoisotopic (exact) mass is 417 g/mol. The van der Waals surface area contributed by atoms with Gasteiger partial charge in [-0.1, -0.05) is 30.7 Å². The molecule has 0 bridgehead atoms. The minimum absolute atomic E-state index is 0.0520. The van der Waals surface area contributed by atoms with Crippen molar-refractivity contribution in [2.24, 2.45) is 23.7 Å². The van der Waals surface area contributed by atoms with E-state index in [2.05, 4.69) is 23.2 Å². The largest absolute Gasteiger partial charge is 0.396 e. The van der Waals surface area contributed by atoms with Crippen molar-refractivity contribution in [3.05, 3.63) is 23.8 Å². The molecule has 2 fully saturated rings. The number of aliphatic hydroxyl groups is 3. The van der Waals surface area contributed by atoms with Gasteiger partial charge in [0.2, 0.25) is 5.91 Å². The third-order valence-electron chi connectivity index (χ3n) is 6.52. The highest BCUT2D eigenvalue weighted by atomic mass is 16.3. The van der Waals surface area contributed by atoms with Crippen molar-refractivity contribution < 1.29 is 20.1 Å². The fourth-order valence-electron chi connectivity index (χ4n) is 4.72. The van der Waals surface area contributed by atoms with E-state index >= 15 is 0 Å². The van der Waals surface area contributed by atoms with E-state index in [0.717, 1.165) is 32.1 Å². The second-order valence-electron chi connectivity index (χ2n) is 8.88. The number of rotatable bonds is 11. The highest BCUT2D eigenvalue weighted by Gasteiger charge is 2.44. The Morgan fingerprint density at radius 1 is 1.33 bits per heavy atom. The molecule has 0 spiro atoms. The number of unbranched alkanes of at least 4 members (excludes halogenated alkanes) is 1. The van der Waals surface area contributed by atoms with Gasteiger partial charge in [0.25, 0.3) is 0 Å². The van der Waals surface area contributed by atoms with Crippen LogP contribution >= 0.6 is 0 Å². The first-order chi connectivity index (χ1) is 14.5. The molecule has 1 amide bonds. The lowest BCUT2D eigenvalue weighted by Crippen LogP contribution is -2.24. The van der Waals surface area contributed by atoms with E-state index in [9.17, 15) is 15.0 Å². The molecule has 2 saturated carbocycles. The summed E-state index contributed by atoms with van der Waals surface area (Å²) in [5.74, 6) is 7.09. The molecule has 2 aliphatic carbocycles. The van der Waals surface area contributed by atoms with E-state index in [1.165, 1.54) is 5.57 Å². The molecule has 6 atom stereocenters. The van der Waals surface area contributed by atoms with Crippen LogP contribution in [0.4, 0.5) is 0 Å². The number of amides is 1. The number of aliphatic hydroxyl groups excluding tert-OH is 3. The van der Waals surface area contributed by atoms with Crippen LogP contribution in [0.15, 0.2) is 23.8 Å². The smallest absolute Gasteiger partial charge is 0.220 e. The summed E-state index contributed by atoms with van der Waals surface area (Å²) in [5, 5.41) is 32.4. The van der Waals surface area contributed by atoms with Gasteiger partial charge in [-0.15, -0.1) is 11.8 Å². The van der Waals surface area contributed by atoms with Crippen LogP contribution in [0.1, 0.15) is 65.2 Å². The SMILES string of the molecule is CC#CC[C@@H](C)[C@H](O)/C=C/[C@@H]1[C@H]2C/C(=C/CCCC(=O)NCCCO)C[C@H]2C[C@H]1O. The number of carbonyl (C=O) groups excluding carboxylic acids is 1. The van der Waals surface area contributed by atoms with Gasteiger partial charge in [-0.2, -0.15) is 0 Å². The van der Waals surface area contributed by atoms with Crippen molar-refractivity contribution in [2.45, 2.75) is 77.4 Å². The van der Waals surface area contributed by atoms with Crippen molar-refractivity contribution >= 4 is 5.91 Å². The molecule has 0 radical (unpaired) electrons. The van der Waals surface area contributed by atoms with Crippen molar-refractivity contribution in [1.82, 2.24) is 5.32 Å². The lowest BCUT2D eigenvalue weighted by atomic mass is 9.89. The molecule has 168 valence electrons. The minimum atomic E-state index is -0.531. The average Bonchev–Trinajstić information content (AvgIpc) is 3.24. The Bertz CT molecular complexity index is 660. The van der Waals surface area contributed by atoms with Crippen molar-refractivity contribution in [3.8, 4) is 11.8 Å². The molecule has 0 aromatic rings. The highest BCUT2D eigenvalue weighted by Crippen LogP contribution is 2.50. The fraction of sp³-hybridized carbons (Fsp3) is 0.720. The third-order valence-corrected chi connectivity index (χ3v) is 6.52. The van der Waals surface area contributed by atoms with Crippen LogP contribution in [0.5, 0.6) is 0 Å². The minimum Gasteiger partial charge on any atom is -0.396 e. The molecule has 0 aromatic heterocycles. The van der Waals surface area contributed by atoms with Crippen molar-refractivity contribution in [1.29, 1.82) is 0 Å². The number of hydrogen-bond donors (Lipinski definition) is 4. The summed E-state index contributed by atoms with van der Waals surface area (Å²) in [7, 11) is 0. The van der Waals surface area contributed by atoms with Crippen LogP contribution in [0.25, 0.3) is 0 Å². The van der Waals surface area contributed by atoms with Gasteiger partial charge in [0.05, 0.1) is 12.2 Å². The summed E-state index contributed by atoms with van der Waals surface area (Å²) < 4.78 is 0. The highest BCUT2D eigenvalue weighted by molar-refractivity contribution is 5.75. The van der Waals surface area contributed by atoms with Crippen LogP contribution in [-0.4, -0.2) is 46.6 Å². The molecule has 0 unspecified atom stereocenters. The zero-order valence-electron chi connectivity index (χ0n) is 18.5. The maximum Gasteiger partial charge on any atom is 0.220 e. The maximum absolute atomic E-state index is 11.7. The number of nitrogens with one attached hydrogen (secondary N) is 1. The molecule has 2 aliphatic rings. The molecule has 30 heavy (non-hydrogen) atoms. The molecular formula is C25H39NO4. The predicted octanol–water partition coefficient (Wildman–Crippen LogP) is 2.96. The Morgan fingerprint density at radius 3 is 2.87 bits per heavy atom. The van der Waals surface area contributed by atoms with Crippen LogP contribution in [0, 0.1) is 35.5 Å². The molecule has 4 N–H and O–H groups in total. The standard InChI is InChI=1S/C25H39NO4/c1-3-4-8-18(2)23(28)12-11-21-22-16-19(15-20(22)17-24(21)29)9-5-6-10-25(30)26-13-7-14-27/h9,11-12,18,20-24,27-29H,5-8,10,13-17H2,1-2H3,(H,26,30)/b12-11+,19-9+/t18-,20+,21-,22+,23-,24-/m1/s1. The second-order valence-corrected chi connectivity index (χ2v) is 8.88. The first-order valence-electron chi connectivity index (χ1n) is 11.5. The molecule has 5 heteroatoms. The Morgan fingerprint density at radius 2 is 2.13 bits per heavy atom. The number of allylic oxidation sites excluding steroid dienone is 2. The van der Waals surface area contributed by atoms with Gasteiger partial charge in [0.1, 0.15) is 0 Å². The van der Waals surface area contributed by atoms with Crippen LogP contribution in [-0.2, 0) is 4.79 Å². The molecule has 2 rings (SSSR count). The Hall–Kier alpha value is -1.61. The Kier molecular flexibility index (Phi) is 10.6. The van der Waals surface area contributed by atoms with E-state index in [1.807, 2.05) is 26.0 Å². The first kappa shape index (κ1) is 24.7. The van der Waals surface area contributed by atoms with E-state index in [-0.39, 0.29) is 30.5 Å². The normalized spacial score (nSPS) is 28.9. The van der Waals surface area contributed by atoms with E-state index < -0.39 is 6.10 Å². The summed E-state index contributed by atoms with van der Waals surface area (Å²) in [6, 6.07) is 0. The summed E-state index contributed by atoms with van der Waals surface area (Å²) in [6.07, 6.45) is 11.7. The van der Waals surface area contributed by atoms with Gasteiger partial charge in [-0.3, -0.25) is 4.79 Å². The lowest BCUT2D eigenvalue weighted by Gasteiger charge is -2.19. The van der Waals surface area contributed by atoms with Crippen molar-refractivity contribution in [3.63, 3.8) is 0 Å². The zero-order chi connectivity index (χ0) is 21.9. The van der Waals surface area contributed by atoms with E-state index in [0.29, 0.717) is 37.6 Å². The third kappa shape index (κ3) is 7.58. The van der Waals surface area contributed by atoms with Crippen LogP contribution < -0.4 is 5.32 Å². The maximum atomic E-state index is 11.7. The summed E-state index contributed by atoms with van der Waals surface area (Å²) in [6.45, 7) is 4.45. The van der Waals surface area contributed by atoms with Crippen LogP contribution in [0.3, 0.4) is 0 Å². The molecule has 0 saturated heterocycles. The lowest BCUT2D eigenvalue weighted by molar-refractivity contribution is -0.121. The molecule has 0 aromatic carbocycles. The summed E-state index contributed by atoms with van der Waals surface area (Å²) in [4.78, 5) is 11.7. The number of fused-ring (bicyclic) bond motifs is 1. The van der Waals surface area contributed by atoms with Gasteiger partial charge in [0.15, 0.2) is 0 Å². The van der Waals surface area contributed by atoms with E-state index in [4.69, 9.17) is 5.11 Å². The van der Waals surface area contributed by atoms with Crippen LogP contribution in [0.2, 0.25) is 0 Å². The number of hydrogen-bond acceptors (Lipinski definition) is 4. The fourth-order valence-corrected chi connectivity index (χ4v) is 4.72. The average molecular weight is 418 g/mol. The van der Waals surface area contributed by atoms with Gasteiger partial charge in [-0.05, 0) is 63.2 Å². The van der Waals surface area contributed by atoms with E-state index in [1.54, 1.807) is 0 Å². The van der Waals surface area contributed by atoms with Gasteiger partial charge >= 0.3 is 0 Å². The van der Waals surface area contributed by atoms with Gasteiger partial charge < -0.3 is 20.6 Å². The molecule has 0 aliphatic heterocycles. The predicted molar refractivity (Wildman–Crippen MR) is 119 cm³/mol.